The zero-order chi connectivity index (χ0) is 8.41. The maximum absolute atomic E-state index is 10.0. The molecular weight excluding hydrogens is 225 g/mol. The van der Waals surface area contributed by atoms with E-state index in [1.165, 1.54) is 0 Å². The molecule has 0 heterocycles. The van der Waals surface area contributed by atoms with Crippen LogP contribution >= 0.6 is 7.60 Å². The third-order valence-electron chi connectivity index (χ3n) is 0.720. The van der Waals surface area contributed by atoms with Crippen molar-refractivity contribution in [3.63, 3.8) is 0 Å². The third-order valence-corrected chi connectivity index (χ3v) is 2.83. The van der Waals surface area contributed by atoms with Crippen LogP contribution in [0, 0.1) is 0 Å². The largest absolute Gasteiger partial charge is 1.00 e. The molecule has 6 nitrogen and oxygen atoms in total. The monoisotopic (exact) mass is 232 g/mol. The van der Waals surface area contributed by atoms with Gasteiger partial charge in [-0.1, -0.05) is 0 Å². The fourth-order valence-corrected chi connectivity index (χ4v) is 2.58. The Kier molecular flexibility index (Phi) is 12.4. The third kappa shape index (κ3) is 18.1. The molecule has 62 valence electrons. The van der Waals surface area contributed by atoms with Crippen molar-refractivity contribution >= 4 is 16.4 Å². The van der Waals surface area contributed by atoms with E-state index in [1.54, 1.807) is 0 Å². The summed E-state index contributed by atoms with van der Waals surface area (Å²) in [6, 6.07) is -0.801. The first kappa shape index (κ1) is 19.8. The smallest absolute Gasteiger partial charge is 0.817 e. The van der Waals surface area contributed by atoms with Gasteiger partial charge in [-0.05, 0) is 6.04 Å². The molecule has 0 spiro atoms. The molecule has 0 radical (unpaired) electrons. The summed E-state index contributed by atoms with van der Waals surface area (Å²) < 4.78 is 9.92. The summed E-state index contributed by atoms with van der Waals surface area (Å²) in [5.41, 5.74) is 0. The molecule has 0 rings (SSSR count). The molecular formula is C2H7Na2O6PSi. The zero-order valence-corrected chi connectivity index (χ0v) is 12.8. The predicted octanol–water partition coefficient (Wildman–Crippen LogP) is -9.18. The number of hydrogen-bond donors (Lipinski definition) is 3. The van der Waals surface area contributed by atoms with Crippen molar-refractivity contribution in [2.75, 3.05) is 6.16 Å². The first-order valence-corrected chi connectivity index (χ1v) is 6.16. The van der Waals surface area contributed by atoms with Crippen molar-refractivity contribution in [3.05, 3.63) is 0 Å². The van der Waals surface area contributed by atoms with Gasteiger partial charge in [0.25, 0.3) is 0 Å². The van der Waals surface area contributed by atoms with E-state index in [0.29, 0.717) is 0 Å². The van der Waals surface area contributed by atoms with Gasteiger partial charge in [0.05, 0.1) is 0 Å². The fraction of sp³-hybridized carbons (Fsp3) is 1.00. The van der Waals surface area contributed by atoms with Gasteiger partial charge in [-0.3, -0.25) is 0 Å². The molecule has 1 atom stereocenters. The minimum Gasteiger partial charge on any atom is -0.817 e. The Labute approximate surface area is 115 Å². The molecule has 0 saturated heterocycles. The standard InChI is InChI=1S/C2H8O6PSi.2Na/c3-9(4,5)1-2-10(6,7)8;;/h6-7H,1-2H2,(H2,3,4,5);;/q-1;2*+1/p-1. The molecule has 0 aliphatic heterocycles. The molecule has 0 aromatic carbocycles. The zero-order valence-electron chi connectivity index (χ0n) is 6.93. The van der Waals surface area contributed by atoms with Gasteiger partial charge >= 0.3 is 59.1 Å². The second-order valence-electron chi connectivity index (χ2n) is 1.85. The van der Waals surface area contributed by atoms with Gasteiger partial charge in [0.2, 0.25) is 8.80 Å². The van der Waals surface area contributed by atoms with Crippen LogP contribution in [0.15, 0.2) is 0 Å². The fourth-order valence-electron chi connectivity index (χ4n) is 0.287. The van der Waals surface area contributed by atoms with Gasteiger partial charge in [-0.2, -0.15) is 0 Å². The number of hydrogen-bond acceptors (Lipinski definition) is 5. The summed E-state index contributed by atoms with van der Waals surface area (Å²) in [6.45, 7) is 0. The van der Waals surface area contributed by atoms with Crippen LogP contribution in [0.25, 0.3) is 0 Å². The van der Waals surface area contributed by atoms with Crippen molar-refractivity contribution in [3.8, 4) is 0 Å². The van der Waals surface area contributed by atoms with Gasteiger partial charge in [0.15, 0.2) is 0 Å². The second kappa shape index (κ2) is 7.53. The summed E-state index contributed by atoms with van der Waals surface area (Å²) in [7, 11) is -9.05. The average Bonchev–Trinajstić information content (AvgIpc) is 1.57. The molecule has 10 heteroatoms. The van der Waals surface area contributed by atoms with E-state index in [9.17, 15) is 14.3 Å². The molecule has 0 aromatic rings. The van der Waals surface area contributed by atoms with Crippen LogP contribution in [0.1, 0.15) is 0 Å². The summed E-state index contributed by atoms with van der Waals surface area (Å²) in [5.74, 6) is 0. The Hall–Kier alpha value is 2.25. The van der Waals surface area contributed by atoms with E-state index in [4.69, 9.17) is 14.5 Å². The SMILES string of the molecule is O=P([O-])(O)CC[Si]([O-])(O)O.[Na+].[Na+]. The quantitative estimate of drug-likeness (QED) is 0.328. The molecule has 0 bridgehead atoms. The minimum absolute atomic E-state index is 0. The van der Waals surface area contributed by atoms with Crippen LogP contribution in [-0.2, 0) is 4.57 Å². The predicted molar refractivity (Wildman–Crippen MR) is 29.7 cm³/mol. The van der Waals surface area contributed by atoms with E-state index in [2.05, 4.69) is 0 Å². The van der Waals surface area contributed by atoms with Gasteiger partial charge in [0, 0.05) is 6.16 Å². The van der Waals surface area contributed by atoms with Gasteiger partial charge in [0.1, 0.15) is 7.60 Å². The first-order chi connectivity index (χ1) is 4.21. The Balaban J connectivity index is -0.000000405. The van der Waals surface area contributed by atoms with Crippen LogP contribution in [0.4, 0.5) is 0 Å². The molecule has 0 fully saturated rings. The molecule has 0 aromatic heterocycles. The van der Waals surface area contributed by atoms with E-state index in [0.717, 1.165) is 0 Å². The normalized spacial score (nSPS) is 15.4. The molecule has 1 unspecified atom stereocenters. The minimum atomic E-state index is -4.55. The molecule has 3 N–H and O–H groups in total. The summed E-state index contributed by atoms with van der Waals surface area (Å²) in [5, 5.41) is 0. The van der Waals surface area contributed by atoms with E-state index < -0.39 is 28.6 Å². The summed E-state index contributed by atoms with van der Waals surface area (Å²) >= 11 is 0. The maximum atomic E-state index is 10.0. The second-order valence-corrected chi connectivity index (χ2v) is 5.56. The van der Waals surface area contributed by atoms with Crippen LogP contribution in [0.3, 0.4) is 0 Å². The van der Waals surface area contributed by atoms with Crippen molar-refractivity contribution in [1.82, 2.24) is 0 Å². The van der Waals surface area contributed by atoms with Gasteiger partial charge in [-0.15, -0.1) is 0 Å². The average molecular weight is 232 g/mol. The van der Waals surface area contributed by atoms with Crippen molar-refractivity contribution < 1.29 is 87.9 Å². The van der Waals surface area contributed by atoms with Crippen LogP contribution in [0.5, 0.6) is 0 Å². The Morgan fingerprint density at radius 1 is 1.33 bits per heavy atom. The Morgan fingerprint density at radius 2 is 1.67 bits per heavy atom. The van der Waals surface area contributed by atoms with Crippen LogP contribution < -0.4 is 68.8 Å². The van der Waals surface area contributed by atoms with Crippen LogP contribution in [-0.4, -0.2) is 29.5 Å². The maximum Gasteiger partial charge on any atom is 1.00 e. The van der Waals surface area contributed by atoms with Crippen molar-refractivity contribution in [1.29, 1.82) is 0 Å². The Morgan fingerprint density at radius 3 is 1.75 bits per heavy atom. The van der Waals surface area contributed by atoms with Gasteiger partial charge in [-0.25, -0.2) is 0 Å². The van der Waals surface area contributed by atoms with Crippen molar-refractivity contribution in [2.45, 2.75) is 6.04 Å². The van der Waals surface area contributed by atoms with E-state index >= 15 is 0 Å². The molecule has 0 saturated carbocycles. The first-order valence-electron chi connectivity index (χ1n) is 2.39. The Bertz CT molecular complexity index is 152. The number of rotatable bonds is 3. The van der Waals surface area contributed by atoms with E-state index in [-0.39, 0.29) is 59.1 Å². The molecule has 12 heavy (non-hydrogen) atoms. The topological polar surface area (TPSA) is 124 Å². The molecule has 0 aliphatic carbocycles. The van der Waals surface area contributed by atoms with Gasteiger partial charge < -0.3 is 28.7 Å². The van der Waals surface area contributed by atoms with Crippen LogP contribution in [0.2, 0.25) is 6.04 Å². The summed E-state index contributed by atoms with van der Waals surface area (Å²) in [4.78, 5) is 44.3. The molecule has 0 aliphatic rings. The van der Waals surface area contributed by atoms with E-state index in [1.807, 2.05) is 0 Å². The summed E-state index contributed by atoms with van der Waals surface area (Å²) in [6.07, 6.45) is -0.865. The van der Waals surface area contributed by atoms with Crippen molar-refractivity contribution in [2.24, 2.45) is 0 Å². The molecule has 0 amide bonds.